The smallest absolute Gasteiger partial charge is 0.145 e. The maximum atomic E-state index is 9.66. The molecule has 0 bridgehead atoms. The second-order valence-corrected chi connectivity index (χ2v) is 7.66. The fourth-order valence-electron chi connectivity index (χ4n) is 3.36. The number of hydrogen-bond acceptors (Lipinski definition) is 6. The fraction of sp³-hybridized carbons (Fsp3) is 0.474. The Kier molecular flexibility index (Phi) is 5.31. The molecule has 0 saturated heterocycles. The molecule has 0 unspecified atom stereocenters. The number of pyridine rings is 1. The van der Waals surface area contributed by atoms with E-state index in [1.54, 1.807) is 11.3 Å². The molecule has 3 rings (SSSR count). The van der Waals surface area contributed by atoms with Gasteiger partial charge in [0, 0.05) is 10.6 Å². The van der Waals surface area contributed by atoms with Crippen LogP contribution in [0, 0.1) is 36.5 Å². The van der Waals surface area contributed by atoms with Crippen LogP contribution >= 0.6 is 11.3 Å². The Labute approximate surface area is 152 Å². The predicted octanol–water partition coefficient (Wildman–Crippen LogP) is 4.17. The Morgan fingerprint density at radius 3 is 2.36 bits per heavy atom. The molecule has 0 aliphatic heterocycles. The Morgan fingerprint density at radius 1 is 1.00 bits per heavy atom. The van der Waals surface area contributed by atoms with Gasteiger partial charge in [0.05, 0.1) is 22.8 Å². The summed E-state index contributed by atoms with van der Waals surface area (Å²) in [7, 11) is 0. The molecule has 0 amide bonds. The molecule has 128 valence electrons. The van der Waals surface area contributed by atoms with Gasteiger partial charge in [0.15, 0.2) is 0 Å². The van der Waals surface area contributed by atoms with Crippen LogP contribution in [0.2, 0.25) is 0 Å². The van der Waals surface area contributed by atoms with Crippen molar-refractivity contribution in [3.05, 3.63) is 38.0 Å². The van der Waals surface area contributed by atoms with E-state index in [0.717, 1.165) is 52.5 Å². The van der Waals surface area contributed by atoms with Crippen molar-refractivity contribution in [3.8, 4) is 12.1 Å². The first kappa shape index (κ1) is 17.4. The summed E-state index contributed by atoms with van der Waals surface area (Å²) in [5.74, 6) is 0.531. The van der Waals surface area contributed by atoms with Crippen LogP contribution < -0.4 is 5.32 Å². The molecule has 2 heterocycles. The molecule has 25 heavy (non-hydrogen) atoms. The van der Waals surface area contributed by atoms with Gasteiger partial charge in [-0.15, -0.1) is 11.3 Å². The number of hydrogen-bond donors (Lipinski definition) is 1. The van der Waals surface area contributed by atoms with Gasteiger partial charge in [0.1, 0.15) is 23.5 Å². The lowest BCUT2D eigenvalue weighted by atomic mass is 9.92. The molecule has 1 aliphatic carbocycles. The topological polar surface area (TPSA) is 85.4 Å². The van der Waals surface area contributed by atoms with Crippen molar-refractivity contribution in [1.29, 1.82) is 10.5 Å². The number of thiazole rings is 1. The van der Waals surface area contributed by atoms with Crippen molar-refractivity contribution in [1.82, 2.24) is 9.97 Å². The quantitative estimate of drug-likeness (QED) is 0.897. The van der Waals surface area contributed by atoms with Crippen molar-refractivity contribution in [3.63, 3.8) is 0 Å². The molecule has 1 N–H and O–H groups in total. The van der Waals surface area contributed by atoms with Gasteiger partial charge in [0.2, 0.25) is 0 Å². The Hall–Kier alpha value is -2.44. The number of rotatable bonds is 3. The molecule has 0 fully saturated rings. The van der Waals surface area contributed by atoms with Gasteiger partial charge in [-0.1, -0.05) is 12.8 Å². The molecular weight excluding hydrogens is 330 g/mol. The Bertz CT molecular complexity index is 869. The first-order valence-corrected chi connectivity index (χ1v) is 9.48. The Balaban J connectivity index is 1.98. The van der Waals surface area contributed by atoms with Crippen molar-refractivity contribution in [2.75, 3.05) is 5.32 Å². The highest BCUT2D eigenvalue weighted by Gasteiger charge is 2.20. The summed E-state index contributed by atoms with van der Waals surface area (Å²) in [4.78, 5) is 10.3. The zero-order valence-corrected chi connectivity index (χ0v) is 15.5. The van der Waals surface area contributed by atoms with Crippen molar-refractivity contribution in [2.45, 2.75) is 58.9 Å². The molecular formula is C19H21N5S. The number of nitrogens with one attached hydrogen (secondary N) is 1. The van der Waals surface area contributed by atoms with Crippen LogP contribution in [0.5, 0.6) is 0 Å². The van der Waals surface area contributed by atoms with Crippen LogP contribution in [0.4, 0.5) is 5.82 Å². The van der Waals surface area contributed by atoms with E-state index in [1.807, 2.05) is 13.8 Å². The van der Waals surface area contributed by atoms with E-state index >= 15 is 0 Å². The third-order valence-electron chi connectivity index (χ3n) is 4.61. The van der Waals surface area contributed by atoms with Gasteiger partial charge in [-0.05, 0) is 45.1 Å². The molecule has 0 aromatic carbocycles. The summed E-state index contributed by atoms with van der Waals surface area (Å²) < 4.78 is 0. The first-order chi connectivity index (χ1) is 12.1. The number of aryl methyl sites for hydroxylation is 3. The standard InChI is InChI=1S/C19H21N5S/c1-12-18(25-13(2)23-12)11-22-19-16(10-21)15(9-20)14-7-5-3-4-6-8-17(14)24-19/h3-8,11H2,1-2H3,(H,22,24). The summed E-state index contributed by atoms with van der Waals surface area (Å²) >= 11 is 1.64. The van der Waals surface area contributed by atoms with Crippen molar-refractivity contribution in [2.24, 2.45) is 0 Å². The molecule has 0 atom stereocenters. The van der Waals surface area contributed by atoms with Crippen molar-refractivity contribution >= 4 is 17.2 Å². The minimum absolute atomic E-state index is 0.376. The van der Waals surface area contributed by atoms with E-state index in [4.69, 9.17) is 4.98 Å². The lowest BCUT2D eigenvalue weighted by Crippen LogP contribution is -2.12. The molecule has 0 saturated carbocycles. The van der Waals surface area contributed by atoms with Gasteiger partial charge >= 0.3 is 0 Å². The molecule has 0 spiro atoms. The summed E-state index contributed by atoms with van der Waals surface area (Å²) in [6, 6.07) is 4.46. The second kappa shape index (κ2) is 7.63. The van der Waals surface area contributed by atoms with Gasteiger partial charge in [-0.3, -0.25) is 0 Å². The van der Waals surface area contributed by atoms with Crippen LogP contribution in [0.1, 0.15) is 63.6 Å². The highest BCUT2D eigenvalue weighted by atomic mass is 32.1. The van der Waals surface area contributed by atoms with E-state index in [-0.39, 0.29) is 0 Å². The monoisotopic (exact) mass is 351 g/mol. The number of aromatic nitrogens is 2. The highest BCUT2D eigenvalue weighted by molar-refractivity contribution is 7.11. The zero-order chi connectivity index (χ0) is 17.8. The Morgan fingerprint density at radius 2 is 1.72 bits per heavy atom. The minimum atomic E-state index is 0.376. The molecule has 1 aliphatic rings. The SMILES string of the molecule is Cc1nc(C)c(CNc2nc3c(c(C#N)c2C#N)CCCCCC3)s1. The highest BCUT2D eigenvalue weighted by Crippen LogP contribution is 2.29. The van der Waals surface area contributed by atoms with E-state index in [9.17, 15) is 10.5 Å². The van der Waals surface area contributed by atoms with E-state index in [2.05, 4.69) is 22.4 Å². The van der Waals surface area contributed by atoms with Crippen LogP contribution in [-0.2, 0) is 19.4 Å². The minimum Gasteiger partial charge on any atom is -0.364 e. The predicted molar refractivity (Wildman–Crippen MR) is 98.5 cm³/mol. The lowest BCUT2D eigenvalue weighted by Gasteiger charge is -2.18. The van der Waals surface area contributed by atoms with Gasteiger partial charge in [-0.2, -0.15) is 10.5 Å². The van der Waals surface area contributed by atoms with Crippen LogP contribution in [0.3, 0.4) is 0 Å². The van der Waals surface area contributed by atoms with E-state index in [1.165, 1.54) is 12.8 Å². The zero-order valence-electron chi connectivity index (χ0n) is 14.6. The molecule has 2 aromatic rings. The molecule has 6 heteroatoms. The third kappa shape index (κ3) is 3.65. The van der Waals surface area contributed by atoms with Crippen LogP contribution in [-0.4, -0.2) is 9.97 Å². The summed E-state index contributed by atoms with van der Waals surface area (Å²) in [5.41, 5.74) is 3.85. The van der Waals surface area contributed by atoms with E-state index in [0.29, 0.717) is 23.5 Å². The molecule has 0 radical (unpaired) electrons. The van der Waals surface area contributed by atoms with E-state index < -0.39 is 0 Å². The van der Waals surface area contributed by atoms with Gasteiger partial charge < -0.3 is 5.32 Å². The largest absolute Gasteiger partial charge is 0.364 e. The second-order valence-electron chi connectivity index (χ2n) is 6.37. The summed E-state index contributed by atoms with van der Waals surface area (Å²) in [5, 5.41) is 23.6. The maximum absolute atomic E-state index is 9.66. The van der Waals surface area contributed by atoms with Crippen LogP contribution in [0.15, 0.2) is 0 Å². The van der Waals surface area contributed by atoms with Crippen LogP contribution in [0.25, 0.3) is 0 Å². The van der Waals surface area contributed by atoms with Crippen molar-refractivity contribution < 1.29 is 0 Å². The number of anilines is 1. The third-order valence-corrected chi connectivity index (χ3v) is 5.69. The average Bonchev–Trinajstić information content (AvgIpc) is 2.90. The molecule has 5 nitrogen and oxygen atoms in total. The number of fused-ring (bicyclic) bond motifs is 1. The van der Waals surface area contributed by atoms with Gasteiger partial charge in [0.25, 0.3) is 0 Å². The lowest BCUT2D eigenvalue weighted by molar-refractivity contribution is 0.608. The normalized spacial score (nSPS) is 13.9. The first-order valence-electron chi connectivity index (χ1n) is 8.66. The number of nitrogens with zero attached hydrogens (tertiary/aromatic N) is 4. The fourth-order valence-corrected chi connectivity index (χ4v) is 4.23. The summed E-state index contributed by atoms with van der Waals surface area (Å²) in [6.07, 6.45) is 6.24. The molecule has 2 aromatic heterocycles. The maximum Gasteiger partial charge on any atom is 0.145 e. The van der Waals surface area contributed by atoms with Gasteiger partial charge in [-0.25, -0.2) is 9.97 Å². The average molecular weight is 351 g/mol. The summed E-state index contributed by atoms with van der Waals surface area (Å²) in [6.45, 7) is 4.54. The number of nitriles is 2.